The van der Waals surface area contributed by atoms with Crippen LogP contribution < -0.4 is 0 Å². The molecule has 0 saturated carbocycles. The zero-order chi connectivity index (χ0) is 15.1. The third-order valence-electron chi connectivity index (χ3n) is 4.08. The van der Waals surface area contributed by atoms with Gasteiger partial charge in [0.2, 0.25) is 5.28 Å². The zero-order valence-corrected chi connectivity index (χ0v) is 13.2. The maximum absolute atomic E-state index is 14.5. The predicted octanol–water partition coefficient (Wildman–Crippen LogP) is 4.76. The third-order valence-corrected chi connectivity index (χ3v) is 4.53. The molecule has 0 N–H and O–H groups in total. The number of benzene rings is 1. The van der Waals surface area contributed by atoms with Gasteiger partial charge in [-0.25, -0.2) is 14.4 Å². The van der Waals surface area contributed by atoms with Crippen molar-refractivity contribution in [3.05, 3.63) is 34.2 Å². The second kappa shape index (κ2) is 5.67. The number of nitrogens with zero attached hydrogens (tertiary/aromatic N) is 2. The molecule has 0 bridgehead atoms. The average Bonchev–Trinajstić information content (AvgIpc) is 2.74. The fourth-order valence-electron chi connectivity index (χ4n) is 2.86. The van der Waals surface area contributed by atoms with Gasteiger partial charge in [-0.3, -0.25) is 0 Å². The van der Waals surface area contributed by atoms with Gasteiger partial charge in [0.25, 0.3) is 0 Å². The summed E-state index contributed by atoms with van der Waals surface area (Å²) in [6, 6.07) is 5.37. The predicted molar refractivity (Wildman–Crippen MR) is 81.5 cm³/mol. The molecule has 2 aromatic rings. The lowest BCUT2D eigenvalue weighted by atomic mass is 9.95. The Hall–Kier alpha value is -0.970. The first-order chi connectivity index (χ1) is 10.0. The lowest BCUT2D eigenvalue weighted by Gasteiger charge is -2.14. The first-order valence-corrected chi connectivity index (χ1v) is 7.69. The van der Waals surface area contributed by atoms with E-state index in [4.69, 9.17) is 27.9 Å². The molecule has 0 radical (unpaired) electrons. The Kier molecular flexibility index (Phi) is 4.04. The summed E-state index contributed by atoms with van der Waals surface area (Å²) in [7, 11) is 0. The summed E-state index contributed by atoms with van der Waals surface area (Å²) in [6.07, 6.45) is -0.855. The van der Waals surface area contributed by atoms with Crippen molar-refractivity contribution >= 4 is 34.1 Å². The maximum atomic E-state index is 14.5. The molecule has 112 valence electrons. The smallest absolute Gasteiger partial charge is 0.224 e. The van der Waals surface area contributed by atoms with Crippen LogP contribution in [-0.4, -0.2) is 22.2 Å². The molecule has 3 rings (SSSR count). The van der Waals surface area contributed by atoms with Crippen LogP contribution in [0.1, 0.15) is 31.9 Å². The van der Waals surface area contributed by atoms with Crippen molar-refractivity contribution in [1.29, 1.82) is 0 Å². The van der Waals surface area contributed by atoms with Crippen molar-refractivity contribution in [2.75, 3.05) is 0 Å². The average molecular weight is 329 g/mol. The second-order valence-corrected chi connectivity index (χ2v) is 6.06. The van der Waals surface area contributed by atoms with Crippen molar-refractivity contribution in [2.24, 2.45) is 5.92 Å². The molecule has 0 unspecified atom stereocenters. The van der Waals surface area contributed by atoms with Crippen LogP contribution in [-0.2, 0) is 4.74 Å². The topological polar surface area (TPSA) is 35.0 Å². The van der Waals surface area contributed by atoms with E-state index in [1.807, 2.05) is 19.9 Å². The van der Waals surface area contributed by atoms with Gasteiger partial charge >= 0.3 is 0 Å². The Balaban J connectivity index is 2.02. The van der Waals surface area contributed by atoms with E-state index in [2.05, 4.69) is 9.97 Å². The summed E-state index contributed by atoms with van der Waals surface area (Å²) in [5, 5.41) is 1.06. The number of alkyl halides is 1. The van der Waals surface area contributed by atoms with Crippen molar-refractivity contribution in [3.63, 3.8) is 0 Å². The molecule has 6 heteroatoms. The Morgan fingerprint density at radius 1 is 1.29 bits per heavy atom. The number of rotatable bonds is 2. The van der Waals surface area contributed by atoms with Crippen molar-refractivity contribution in [3.8, 4) is 0 Å². The first-order valence-electron chi connectivity index (χ1n) is 6.93. The highest BCUT2D eigenvalue weighted by Gasteiger charge is 2.42. The van der Waals surface area contributed by atoms with E-state index < -0.39 is 12.3 Å². The highest BCUT2D eigenvalue weighted by molar-refractivity contribution is 6.35. The standard InChI is InChI=1S/C15H15Cl2FN2O/c1-3-11-7(2)12(18)13(21-11)8-4-5-9-10(6-8)19-15(17)20-14(9)16/h4-7,11-13H,3H2,1-2H3/t7-,11-,12+,13+/m1/s1. The van der Waals surface area contributed by atoms with E-state index in [0.29, 0.717) is 16.1 Å². The Morgan fingerprint density at radius 2 is 2.05 bits per heavy atom. The van der Waals surface area contributed by atoms with Gasteiger partial charge in [0.15, 0.2) is 0 Å². The minimum atomic E-state index is -1.03. The summed E-state index contributed by atoms with van der Waals surface area (Å²) in [5.41, 5.74) is 1.35. The number of fused-ring (bicyclic) bond motifs is 1. The van der Waals surface area contributed by atoms with E-state index >= 15 is 0 Å². The summed E-state index contributed by atoms with van der Waals surface area (Å²) in [5.74, 6) is -0.117. The molecule has 3 nitrogen and oxygen atoms in total. The van der Waals surface area contributed by atoms with E-state index in [9.17, 15) is 4.39 Å². The van der Waals surface area contributed by atoms with Crippen LogP contribution in [0.5, 0.6) is 0 Å². The van der Waals surface area contributed by atoms with E-state index in [1.165, 1.54) is 0 Å². The highest BCUT2D eigenvalue weighted by Crippen LogP contribution is 2.41. The monoisotopic (exact) mass is 328 g/mol. The zero-order valence-electron chi connectivity index (χ0n) is 11.7. The third kappa shape index (κ3) is 2.60. The fourth-order valence-corrected chi connectivity index (χ4v) is 3.32. The van der Waals surface area contributed by atoms with Crippen LogP contribution in [0.2, 0.25) is 10.4 Å². The summed E-state index contributed by atoms with van der Waals surface area (Å²) in [6.45, 7) is 3.89. The van der Waals surface area contributed by atoms with E-state index in [-0.39, 0.29) is 17.3 Å². The normalized spacial score (nSPS) is 29.2. The van der Waals surface area contributed by atoms with Gasteiger partial charge in [0, 0.05) is 11.3 Å². The van der Waals surface area contributed by atoms with Crippen molar-refractivity contribution in [1.82, 2.24) is 9.97 Å². The first kappa shape index (κ1) is 14.9. The van der Waals surface area contributed by atoms with Crippen molar-refractivity contribution in [2.45, 2.75) is 38.6 Å². The van der Waals surface area contributed by atoms with Crippen LogP contribution in [0.3, 0.4) is 0 Å². The van der Waals surface area contributed by atoms with Gasteiger partial charge in [0.05, 0.1) is 11.6 Å². The van der Waals surface area contributed by atoms with Gasteiger partial charge in [-0.15, -0.1) is 0 Å². The molecule has 21 heavy (non-hydrogen) atoms. The molecule has 1 aromatic heterocycles. The van der Waals surface area contributed by atoms with Crippen molar-refractivity contribution < 1.29 is 9.13 Å². The Bertz CT molecular complexity index is 682. The number of ether oxygens (including phenoxy) is 1. The molecule has 4 atom stereocenters. The molecular weight excluding hydrogens is 314 g/mol. The fraction of sp³-hybridized carbons (Fsp3) is 0.467. The highest BCUT2D eigenvalue weighted by atomic mass is 35.5. The number of aromatic nitrogens is 2. The lowest BCUT2D eigenvalue weighted by molar-refractivity contribution is 0.0231. The van der Waals surface area contributed by atoms with Crippen LogP contribution >= 0.6 is 23.2 Å². The Labute approximate surface area is 132 Å². The molecule has 1 aliphatic heterocycles. The van der Waals surface area contributed by atoms with Crippen LogP contribution in [0, 0.1) is 5.92 Å². The molecule has 0 aliphatic carbocycles. The largest absolute Gasteiger partial charge is 0.367 e. The quantitative estimate of drug-likeness (QED) is 0.588. The molecular formula is C15H15Cl2FN2O. The second-order valence-electron chi connectivity index (χ2n) is 5.37. The summed E-state index contributed by atoms with van der Waals surface area (Å²) >= 11 is 11.9. The lowest BCUT2D eigenvalue weighted by Crippen LogP contribution is -2.17. The Morgan fingerprint density at radius 3 is 2.71 bits per heavy atom. The van der Waals surface area contributed by atoms with Gasteiger partial charge < -0.3 is 4.74 Å². The molecule has 1 aromatic carbocycles. The molecule has 2 heterocycles. The molecule has 0 spiro atoms. The SMILES string of the molecule is CC[C@H]1O[C@@H](c2ccc3c(Cl)nc(Cl)nc3c2)[C@@H](F)[C@@H]1C. The van der Waals surface area contributed by atoms with Gasteiger partial charge in [-0.2, -0.15) is 0 Å². The van der Waals surface area contributed by atoms with Crippen LogP contribution in [0.25, 0.3) is 10.9 Å². The minimum absolute atomic E-state index is 0.0572. The van der Waals surface area contributed by atoms with Gasteiger partial charge in [-0.05, 0) is 35.7 Å². The van der Waals surface area contributed by atoms with E-state index in [0.717, 1.165) is 12.0 Å². The van der Waals surface area contributed by atoms with E-state index in [1.54, 1.807) is 12.1 Å². The molecule has 1 fully saturated rings. The van der Waals surface area contributed by atoms with Gasteiger partial charge in [0.1, 0.15) is 17.4 Å². The number of hydrogen-bond donors (Lipinski definition) is 0. The summed E-state index contributed by atoms with van der Waals surface area (Å²) in [4.78, 5) is 8.04. The maximum Gasteiger partial charge on any atom is 0.224 e. The molecule has 1 aliphatic rings. The number of hydrogen-bond acceptors (Lipinski definition) is 3. The minimum Gasteiger partial charge on any atom is -0.367 e. The number of halogens is 3. The van der Waals surface area contributed by atoms with Gasteiger partial charge in [-0.1, -0.05) is 31.5 Å². The molecule has 1 saturated heterocycles. The summed E-state index contributed by atoms with van der Waals surface area (Å²) < 4.78 is 20.3. The molecule has 0 amide bonds. The van der Waals surface area contributed by atoms with Crippen LogP contribution in [0.15, 0.2) is 18.2 Å². The van der Waals surface area contributed by atoms with Crippen LogP contribution in [0.4, 0.5) is 4.39 Å².